The summed E-state index contributed by atoms with van der Waals surface area (Å²) in [4.78, 5) is 25.4. The standard InChI is InChI=1S/C21H17F3N4O2/c22-21(23,24)9-11-28(12-14-4-2-1-3-5-14)20(29)17-7-6-16(30-17)18-15-8-10-25-19(15)27-13-26-18/h1-8,10,13H,9,11-12H2,(H,25,26,27). The number of rotatable bonds is 6. The lowest BCUT2D eigenvalue weighted by molar-refractivity contribution is -0.136. The number of benzene rings is 1. The van der Waals surface area contributed by atoms with E-state index in [4.69, 9.17) is 4.42 Å². The molecule has 1 aromatic carbocycles. The van der Waals surface area contributed by atoms with E-state index in [2.05, 4.69) is 15.0 Å². The molecule has 0 radical (unpaired) electrons. The van der Waals surface area contributed by atoms with Crippen LogP contribution in [0.1, 0.15) is 22.5 Å². The van der Waals surface area contributed by atoms with Gasteiger partial charge in [-0.25, -0.2) is 9.97 Å². The van der Waals surface area contributed by atoms with E-state index in [9.17, 15) is 18.0 Å². The third-order valence-electron chi connectivity index (χ3n) is 4.57. The van der Waals surface area contributed by atoms with Gasteiger partial charge in [0.05, 0.1) is 6.42 Å². The van der Waals surface area contributed by atoms with Crippen LogP contribution < -0.4 is 0 Å². The first kappa shape index (κ1) is 19.7. The average molecular weight is 414 g/mol. The maximum absolute atomic E-state index is 13.0. The Morgan fingerprint density at radius 3 is 2.63 bits per heavy atom. The molecule has 0 unspecified atom stereocenters. The minimum Gasteiger partial charge on any atom is -0.449 e. The van der Waals surface area contributed by atoms with Gasteiger partial charge >= 0.3 is 6.18 Å². The van der Waals surface area contributed by atoms with E-state index in [0.717, 1.165) is 10.5 Å². The Balaban J connectivity index is 1.60. The van der Waals surface area contributed by atoms with Crippen LogP contribution in [0.25, 0.3) is 22.5 Å². The molecule has 0 bridgehead atoms. The summed E-state index contributed by atoms with van der Waals surface area (Å²) in [6.07, 6.45) is -2.40. The summed E-state index contributed by atoms with van der Waals surface area (Å²) in [6.45, 7) is -0.426. The van der Waals surface area contributed by atoms with E-state index in [1.807, 2.05) is 0 Å². The number of nitrogens with zero attached hydrogens (tertiary/aromatic N) is 3. The number of halogens is 3. The third kappa shape index (κ3) is 4.35. The number of furan rings is 1. The smallest absolute Gasteiger partial charge is 0.390 e. The Morgan fingerprint density at radius 2 is 1.87 bits per heavy atom. The molecule has 6 nitrogen and oxygen atoms in total. The van der Waals surface area contributed by atoms with Gasteiger partial charge in [0.2, 0.25) is 0 Å². The lowest BCUT2D eigenvalue weighted by Crippen LogP contribution is -2.33. The highest BCUT2D eigenvalue weighted by atomic mass is 19.4. The maximum atomic E-state index is 13.0. The highest BCUT2D eigenvalue weighted by molar-refractivity contribution is 5.93. The molecule has 4 rings (SSSR count). The van der Waals surface area contributed by atoms with Gasteiger partial charge in [0.15, 0.2) is 11.5 Å². The zero-order valence-electron chi connectivity index (χ0n) is 15.7. The van der Waals surface area contributed by atoms with E-state index in [-0.39, 0.29) is 12.3 Å². The average Bonchev–Trinajstić information content (AvgIpc) is 3.40. The first-order valence-corrected chi connectivity index (χ1v) is 9.19. The number of amides is 1. The molecule has 30 heavy (non-hydrogen) atoms. The monoisotopic (exact) mass is 414 g/mol. The van der Waals surface area contributed by atoms with Gasteiger partial charge in [0.1, 0.15) is 17.7 Å². The Hall–Kier alpha value is -3.62. The molecule has 3 heterocycles. The normalized spacial score (nSPS) is 11.7. The van der Waals surface area contributed by atoms with Crippen molar-refractivity contribution in [1.29, 1.82) is 0 Å². The van der Waals surface area contributed by atoms with Crippen LogP contribution in [0.5, 0.6) is 0 Å². The minimum absolute atomic E-state index is 0.0430. The predicted octanol–water partition coefficient (Wildman–Crippen LogP) is 4.81. The number of aromatic amines is 1. The number of nitrogens with one attached hydrogen (secondary N) is 1. The largest absolute Gasteiger partial charge is 0.449 e. The third-order valence-corrected chi connectivity index (χ3v) is 4.57. The molecular formula is C21H17F3N4O2. The molecule has 0 saturated heterocycles. The van der Waals surface area contributed by atoms with Crippen molar-refractivity contribution in [1.82, 2.24) is 19.9 Å². The quantitative estimate of drug-likeness (QED) is 0.491. The second-order valence-corrected chi connectivity index (χ2v) is 6.70. The molecule has 0 aliphatic heterocycles. The SMILES string of the molecule is O=C(c1ccc(-c2ncnc3[nH]ccc23)o1)N(CCC(F)(F)F)Cc1ccccc1. The highest BCUT2D eigenvalue weighted by Gasteiger charge is 2.30. The Morgan fingerprint density at radius 1 is 1.07 bits per heavy atom. The molecule has 3 aromatic heterocycles. The molecule has 0 saturated carbocycles. The number of H-pyrrole nitrogens is 1. The first-order valence-electron chi connectivity index (χ1n) is 9.19. The van der Waals surface area contributed by atoms with Crippen molar-refractivity contribution in [2.24, 2.45) is 0 Å². The number of alkyl halides is 3. The summed E-state index contributed by atoms with van der Waals surface area (Å²) in [6, 6.07) is 13.6. The topological polar surface area (TPSA) is 75.0 Å². The van der Waals surface area contributed by atoms with Crippen LogP contribution in [0, 0.1) is 0 Å². The predicted molar refractivity (Wildman–Crippen MR) is 103 cm³/mol. The van der Waals surface area contributed by atoms with Crippen LogP contribution in [0.2, 0.25) is 0 Å². The minimum atomic E-state index is -4.37. The number of carbonyl (C=O) groups is 1. The Labute approximate surface area is 169 Å². The van der Waals surface area contributed by atoms with Crippen LogP contribution in [0.15, 0.2) is 65.5 Å². The van der Waals surface area contributed by atoms with Crippen molar-refractivity contribution in [3.05, 3.63) is 72.4 Å². The molecule has 154 valence electrons. The van der Waals surface area contributed by atoms with E-state index in [0.29, 0.717) is 22.5 Å². The Bertz CT molecular complexity index is 1150. The summed E-state index contributed by atoms with van der Waals surface area (Å²) in [5.74, 6) is -0.333. The second kappa shape index (κ2) is 8.02. The van der Waals surface area contributed by atoms with Crippen LogP contribution in [0.4, 0.5) is 13.2 Å². The van der Waals surface area contributed by atoms with Crippen molar-refractivity contribution in [2.45, 2.75) is 19.1 Å². The van der Waals surface area contributed by atoms with Crippen molar-refractivity contribution in [3.8, 4) is 11.5 Å². The summed E-state index contributed by atoms with van der Waals surface area (Å²) in [7, 11) is 0. The van der Waals surface area contributed by atoms with Crippen LogP contribution in [0.3, 0.4) is 0 Å². The van der Waals surface area contributed by atoms with Crippen LogP contribution >= 0.6 is 0 Å². The summed E-state index contributed by atoms with van der Waals surface area (Å²) in [5, 5.41) is 0.712. The van der Waals surface area contributed by atoms with E-state index in [1.165, 1.54) is 12.4 Å². The number of hydrogen-bond acceptors (Lipinski definition) is 4. The number of carbonyl (C=O) groups excluding carboxylic acids is 1. The fourth-order valence-corrected chi connectivity index (χ4v) is 3.12. The van der Waals surface area contributed by atoms with Crippen molar-refractivity contribution in [3.63, 3.8) is 0 Å². The molecule has 0 atom stereocenters. The molecule has 0 aliphatic carbocycles. The maximum Gasteiger partial charge on any atom is 0.390 e. The van der Waals surface area contributed by atoms with Gasteiger partial charge in [0.25, 0.3) is 5.91 Å². The van der Waals surface area contributed by atoms with E-state index in [1.54, 1.807) is 48.7 Å². The van der Waals surface area contributed by atoms with E-state index >= 15 is 0 Å². The summed E-state index contributed by atoms with van der Waals surface area (Å²) >= 11 is 0. The van der Waals surface area contributed by atoms with Gasteiger partial charge < -0.3 is 14.3 Å². The van der Waals surface area contributed by atoms with Gasteiger partial charge in [-0.1, -0.05) is 30.3 Å². The second-order valence-electron chi connectivity index (χ2n) is 6.70. The van der Waals surface area contributed by atoms with Gasteiger partial charge in [-0.05, 0) is 23.8 Å². The molecular weight excluding hydrogens is 397 g/mol. The Kier molecular flexibility index (Phi) is 5.26. The van der Waals surface area contributed by atoms with Crippen molar-refractivity contribution in [2.75, 3.05) is 6.54 Å². The first-order chi connectivity index (χ1) is 14.4. The van der Waals surface area contributed by atoms with Gasteiger partial charge in [-0.3, -0.25) is 4.79 Å². The zero-order chi connectivity index (χ0) is 21.1. The van der Waals surface area contributed by atoms with Crippen molar-refractivity contribution < 1.29 is 22.4 Å². The molecule has 4 aromatic rings. The molecule has 0 spiro atoms. The van der Waals surface area contributed by atoms with Gasteiger partial charge in [-0.2, -0.15) is 13.2 Å². The van der Waals surface area contributed by atoms with Crippen LogP contribution in [-0.4, -0.2) is 38.5 Å². The lowest BCUT2D eigenvalue weighted by atomic mass is 10.2. The highest BCUT2D eigenvalue weighted by Crippen LogP contribution is 2.28. The van der Waals surface area contributed by atoms with E-state index < -0.39 is 25.0 Å². The fourth-order valence-electron chi connectivity index (χ4n) is 3.12. The molecule has 9 heteroatoms. The van der Waals surface area contributed by atoms with Gasteiger partial charge in [-0.15, -0.1) is 0 Å². The molecule has 1 N–H and O–H groups in total. The number of hydrogen-bond donors (Lipinski definition) is 1. The fraction of sp³-hybridized carbons (Fsp3) is 0.190. The zero-order valence-corrected chi connectivity index (χ0v) is 15.7. The number of aromatic nitrogens is 3. The van der Waals surface area contributed by atoms with Crippen LogP contribution in [-0.2, 0) is 6.54 Å². The summed E-state index contributed by atoms with van der Waals surface area (Å²) < 4.78 is 44.0. The molecule has 0 fully saturated rings. The number of fused-ring (bicyclic) bond motifs is 1. The lowest BCUT2D eigenvalue weighted by Gasteiger charge is -2.22. The summed E-state index contributed by atoms with van der Waals surface area (Å²) in [5.41, 5.74) is 1.83. The molecule has 0 aliphatic rings. The van der Waals surface area contributed by atoms with Gasteiger partial charge in [0, 0.05) is 24.7 Å². The van der Waals surface area contributed by atoms with Crippen molar-refractivity contribution >= 4 is 16.9 Å². The molecule has 1 amide bonds.